The molecule has 0 saturated heterocycles. The van der Waals surface area contributed by atoms with Crippen LogP contribution in [0, 0.1) is 0 Å². The Kier molecular flexibility index (Phi) is 5.64. The Labute approximate surface area is 120 Å². The highest BCUT2D eigenvalue weighted by molar-refractivity contribution is 5.92. The van der Waals surface area contributed by atoms with Gasteiger partial charge in [0.1, 0.15) is 0 Å². The Morgan fingerprint density at radius 3 is 1.29 bits per heavy atom. The van der Waals surface area contributed by atoms with Crippen LogP contribution in [-0.2, 0) is 0 Å². The number of benzene rings is 2. The number of nitrogens with two attached hydrogens (primary N) is 1. The highest BCUT2D eigenvalue weighted by Crippen LogP contribution is 2.03. The second kappa shape index (κ2) is 7.44. The number of carboxylic acid groups (broad SMARTS) is 2. The topological polar surface area (TPSA) is 118 Å². The van der Waals surface area contributed by atoms with Crippen LogP contribution in [0.2, 0.25) is 0 Å². The van der Waals surface area contributed by atoms with Gasteiger partial charge in [-0.3, -0.25) is 4.79 Å². The van der Waals surface area contributed by atoms with Gasteiger partial charge in [-0.1, -0.05) is 18.2 Å². The fourth-order valence-corrected chi connectivity index (χ4v) is 1.36. The summed E-state index contributed by atoms with van der Waals surface area (Å²) < 4.78 is 0. The lowest BCUT2D eigenvalue weighted by atomic mass is 10.1. The zero-order chi connectivity index (χ0) is 15.8. The summed E-state index contributed by atoms with van der Waals surface area (Å²) in [5.41, 5.74) is 5.69. The predicted octanol–water partition coefficient (Wildman–Crippen LogP) is 1.87. The van der Waals surface area contributed by atoms with Gasteiger partial charge in [-0.2, -0.15) is 0 Å². The molecule has 0 aliphatic rings. The standard InChI is InChI=1S/C8H6O4.C7H7NO/c9-7(10)5-1-2-6(4-3-5)8(11)12;8-7(9)6-4-2-1-3-5-6/h1-4H,(H,9,10)(H,11,12);1-5H,(H2,8,9). The summed E-state index contributed by atoms with van der Waals surface area (Å²) in [6, 6.07) is 13.8. The monoisotopic (exact) mass is 287 g/mol. The third-order valence-electron chi connectivity index (χ3n) is 2.44. The van der Waals surface area contributed by atoms with Crippen LogP contribution in [-0.4, -0.2) is 28.1 Å². The van der Waals surface area contributed by atoms with Crippen molar-refractivity contribution in [3.8, 4) is 0 Å². The van der Waals surface area contributed by atoms with Crippen LogP contribution in [0.5, 0.6) is 0 Å². The largest absolute Gasteiger partial charge is 0.478 e. The van der Waals surface area contributed by atoms with Gasteiger partial charge in [0.25, 0.3) is 0 Å². The molecule has 0 bridgehead atoms. The van der Waals surface area contributed by atoms with Crippen molar-refractivity contribution in [1.29, 1.82) is 0 Å². The Hall–Kier alpha value is -3.15. The van der Waals surface area contributed by atoms with E-state index in [1.54, 1.807) is 24.3 Å². The molecule has 21 heavy (non-hydrogen) atoms. The van der Waals surface area contributed by atoms with Crippen LogP contribution < -0.4 is 5.73 Å². The van der Waals surface area contributed by atoms with E-state index in [1.165, 1.54) is 24.3 Å². The Bertz CT molecular complexity index is 602. The fourth-order valence-electron chi connectivity index (χ4n) is 1.36. The van der Waals surface area contributed by atoms with E-state index in [4.69, 9.17) is 15.9 Å². The summed E-state index contributed by atoms with van der Waals surface area (Å²) in [6.45, 7) is 0. The summed E-state index contributed by atoms with van der Waals surface area (Å²) in [7, 11) is 0. The molecule has 0 aromatic heterocycles. The lowest BCUT2D eigenvalue weighted by Crippen LogP contribution is -2.09. The normalized spacial score (nSPS) is 9.14. The molecule has 0 heterocycles. The molecule has 0 aliphatic heterocycles. The van der Waals surface area contributed by atoms with Gasteiger partial charge in [0.15, 0.2) is 0 Å². The summed E-state index contributed by atoms with van der Waals surface area (Å²) >= 11 is 0. The minimum atomic E-state index is -1.06. The molecule has 2 rings (SSSR count). The van der Waals surface area contributed by atoms with Gasteiger partial charge in [-0.25, -0.2) is 9.59 Å². The SMILES string of the molecule is NC(=O)c1ccccc1.O=C(O)c1ccc(C(=O)O)cc1. The number of carboxylic acids is 2. The second-order valence-electron chi connectivity index (χ2n) is 3.92. The molecule has 0 saturated carbocycles. The van der Waals surface area contributed by atoms with Crippen LogP contribution in [0.15, 0.2) is 54.6 Å². The smallest absolute Gasteiger partial charge is 0.335 e. The molecule has 0 spiro atoms. The van der Waals surface area contributed by atoms with E-state index in [2.05, 4.69) is 0 Å². The summed E-state index contributed by atoms with van der Waals surface area (Å²) in [5.74, 6) is -2.51. The average molecular weight is 287 g/mol. The van der Waals surface area contributed by atoms with E-state index in [0.717, 1.165) is 0 Å². The van der Waals surface area contributed by atoms with E-state index in [1.807, 2.05) is 6.07 Å². The molecule has 108 valence electrons. The number of hydrogen-bond acceptors (Lipinski definition) is 3. The van der Waals surface area contributed by atoms with E-state index < -0.39 is 11.9 Å². The molecular formula is C15H13NO5. The highest BCUT2D eigenvalue weighted by atomic mass is 16.4. The first-order valence-electron chi connectivity index (χ1n) is 5.83. The zero-order valence-electron chi connectivity index (χ0n) is 10.9. The predicted molar refractivity (Wildman–Crippen MR) is 75.3 cm³/mol. The molecule has 1 amide bonds. The maximum absolute atomic E-state index is 10.4. The van der Waals surface area contributed by atoms with Crippen molar-refractivity contribution < 1.29 is 24.6 Å². The number of carbonyl (C=O) groups is 3. The Morgan fingerprint density at radius 1 is 0.667 bits per heavy atom. The van der Waals surface area contributed by atoms with Gasteiger partial charge >= 0.3 is 11.9 Å². The number of carbonyl (C=O) groups excluding carboxylic acids is 1. The van der Waals surface area contributed by atoms with E-state index in [9.17, 15) is 14.4 Å². The van der Waals surface area contributed by atoms with E-state index in [0.29, 0.717) is 5.56 Å². The van der Waals surface area contributed by atoms with Gasteiger partial charge in [0.05, 0.1) is 11.1 Å². The quantitative estimate of drug-likeness (QED) is 0.796. The van der Waals surface area contributed by atoms with Crippen LogP contribution in [0.25, 0.3) is 0 Å². The van der Waals surface area contributed by atoms with Crippen molar-refractivity contribution in [3.05, 3.63) is 71.3 Å². The first kappa shape index (κ1) is 15.9. The third kappa shape index (κ3) is 5.15. The van der Waals surface area contributed by atoms with Crippen molar-refractivity contribution in [2.24, 2.45) is 5.73 Å². The molecule has 0 aliphatic carbocycles. The Balaban J connectivity index is 0.000000219. The molecule has 0 unspecified atom stereocenters. The van der Waals surface area contributed by atoms with Crippen molar-refractivity contribution in [2.75, 3.05) is 0 Å². The lowest BCUT2D eigenvalue weighted by Gasteiger charge is -1.94. The van der Waals surface area contributed by atoms with Crippen LogP contribution in [0.3, 0.4) is 0 Å². The summed E-state index contributed by atoms with van der Waals surface area (Å²) in [6.07, 6.45) is 0. The van der Waals surface area contributed by atoms with Gasteiger partial charge in [0, 0.05) is 5.56 Å². The Morgan fingerprint density at radius 2 is 1.05 bits per heavy atom. The van der Waals surface area contributed by atoms with Gasteiger partial charge in [-0.15, -0.1) is 0 Å². The average Bonchev–Trinajstić information content (AvgIpc) is 2.49. The third-order valence-corrected chi connectivity index (χ3v) is 2.44. The zero-order valence-corrected chi connectivity index (χ0v) is 10.9. The molecular weight excluding hydrogens is 274 g/mol. The molecule has 4 N–H and O–H groups in total. The van der Waals surface area contributed by atoms with Gasteiger partial charge < -0.3 is 15.9 Å². The van der Waals surface area contributed by atoms with Gasteiger partial charge in [-0.05, 0) is 36.4 Å². The molecule has 6 heteroatoms. The molecule has 0 radical (unpaired) electrons. The molecule has 2 aromatic rings. The van der Waals surface area contributed by atoms with Crippen molar-refractivity contribution in [3.63, 3.8) is 0 Å². The van der Waals surface area contributed by atoms with Crippen LogP contribution in [0.1, 0.15) is 31.1 Å². The first-order valence-corrected chi connectivity index (χ1v) is 5.83. The van der Waals surface area contributed by atoms with Crippen molar-refractivity contribution in [1.82, 2.24) is 0 Å². The molecule has 0 fully saturated rings. The van der Waals surface area contributed by atoms with Crippen molar-refractivity contribution in [2.45, 2.75) is 0 Å². The summed E-state index contributed by atoms with van der Waals surface area (Å²) in [5, 5.41) is 16.9. The fraction of sp³-hybridized carbons (Fsp3) is 0. The van der Waals surface area contributed by atoms with E-state index >= 15 is 0 Å². The molecule has 2 aromatic carbocycles. The van der Waals surface area contributed by atoms with Crippen LogP contribution >= 0.6 is 0 Å². The van der Waals surface area contributed by atoms with Crippen molar-refractivity contribution >= 4 is 17.8 Å². The maximum atomic E-state index is 10.4. The first-order chi connectivity index (χ1) is 9.91. The molecule has 0 atom stereocenters. The number of aromatic carboxylic acids is 2. The minimum absolute atomic E-state index is 0.0833. The summed E-state index contributed by atoms with van der Waals surface area (Å²) in [4.78, 5) is 31.1. The minimum Gasteiger partial charge on any atom is -0.478 e. The number of primary amides is 1. The second-order valence-corrected chi connectivity index (χ2v) is 3.92. The number of rotatable bonds is 3. The lowest BCUT2D eigenvalue weighted by molar-refractivity contribution is 0.0681. The maximum Gasteiger partial charge on any atom is 0.335 e. The van der Waals surface area contributed by atoms with Gasteiger partial charge in [0.2, 0.25) is 5.91 Å². The highest BCUT2D eigenvalue weighted by Gasteiger charge is 2.04. The van der Waals surface area contributed by atoms with E-state index in [-0.39, 0.29) is 17.0 Å². The number of amides is 1. The van der Waals surface area contributed by atoms with Crippen LogP contribution in [0.4, 0.5) is 0 Å². The molecule has 6 nitrogen and oxygen atoms in total. The number of hydrogen-bond donors (Lipinski definition) is 3.